The van der Waals surface area contributed by atoms with E-state index in [9.17, 15) is 4.79 Å². The topological polar surface area (TPSA) is 51.0 Å². The predicted octanol–water partition coefficient (Wildman–Crippen LogP) is 5.34. The molecule has 0 radical (unpaired) electrons. The summed E-state index contributed by atoms with van der Waals surface area (Å²) in [6, 6.07) is 23.6. The van der Waals surface area contributed by atoms with E-state index in [0.29, 0.717) is 15.8 Å². The Morgan fingerprint density at radius 1 is 0.938 bits per heavy atom. The van der Waals surface area contributed by atoms with E-state index in [1.54, 1.807) is 17.3 Å². The third kappa shape index (κ3) is 4.12. The van der Waals surface area contributed by atoms with Crippen LogP contribution in [0.3, 0.4) is 0 Å². The van der Waals surface area contributed by atoms with Gasteiger partial charge in [0, 0.05) is 29.7 Å². The first-order valence-electron chi connectivity index (χ1n) is 10.0. The zero-order valence-electron chi connectivity index (χ0n) is 17.0. The molecule has 0 unspecified atom stereocenters. The van der Waals surface area contributed by atoms with Crippen LogP contribution in [-0.4, -0.2) is 29.9 Å². The quantitative estimate of drug-likeness (QED) is 0.301. The summed E-state index contributed by atoms with van der Waals surface area (Å²) in [5, 5.41) is 4.80. The fourth-order valence-electron chi connectivity index (χ4n) is 3.48. The lowest BCUT2D eigenvalue weighted by atomic mass is 10.1. The van der Waals surface area contributed by atoms with Gasteiger partial charge in [-0.3, -0.25) is 14.7 Å². The van der Waals surface area contributed by atoms with E-state index in [4.69, 9.17) is 17.3 Å². The Labute approximate surface area is 195 Å². The molecule has 1 aliphatic heterocycles. The van der Waals surface area contributed by atoms with Crippen LogP contribution in [0.15, 0.2) is 96.3 Å². The molecule has 5 rings (SSSR count). The van der Waals surface area contributed by atoms with Crippen LogP contribution in [0.25, 0.3) is 23.0 Å². The molecule has 0 saturated carbocycles. The number of thioether (sulfide) groups is 1. The van der Waals surface area contributed by atoms with Crippen molar-refractivity contribution in [3.8, 4) is 16.9 Å². The Kier molecular flexibility index (Phi) is 5.66. The predicted molar refractivity (Wildman–Crippen MR) is 132 cm³/mol. The number of pyridine rings is 1. The van der Waals surface area contributed by atoms with Gasteiger partial charge in [-0.2, -0.15) is 5.10 Å². The first kappa shape index (κ1) is 20.4. The van der Waals surface area contributed by atoms with E-state index in [1.165, 1.54) is 11.8 Å². The molecule has 0 atom stereocenters. The Balaban J connectivity index is 1.52. The molecule has 1 fully saturated rings. The van der Waals surface area contributed by atoms with E-state index >= 15 is 0 Å². The number of thiocarbonyl (C=S) groups is 1. The van der Waals surface area contributed by atoms with Crippen molar-refractivity contribution >= 4 is 40.3 Å². The lowest BCUT2D eigenvalue weighted by Crippen LogP contribution is -2.27. The van der Waals surface area contributed by atoms with Crippen molar-refractivity contribution in [2.45, 2.75) is 6.54 Å². The number of aromatic nitrogens is 3. The molecule has 1 aliphatic rings. The van der Waals surface area contributed by atoms with Crippen molar-refractivity contribution in [2.75, 3.05) is 0 Å². The molecule has 7 heteroatoms. The highest BCUT2D eigenvalue weighted by molar-refractivity contribution is 8.26. The maximum Gasteiger partial charge on any atom is 0.266 e. The highest BCUT2D eigenvalue weighted by atomic mass is 32.2. The summed E-state index contributed by atoms with van der Waals surface area (Å²) in [6.45, 7) is 0.462. The number of benzene rings is 2. The minimum atomic E-state index is -0.0861. The smallest absolute Gasteiger partial charge is 0.266 e. The van der Waals surface area contributed by atoms with Crippen LogP contribution >= 0.6 is 24.0 Å². The second-order valence-electron chi connectivity index (χ2n) is 7.20. The first-order chi connectivity index (χ1) is 15.7. The van der Waals surface area contributed by atoms with Gasteiger partial charge in [0.15, 0.2) is 0 Å². The van der Waals surface area contributed by atoms with Crippen molar-refractivity contribution in [1.82, 2.24) is 19.7 Å². The summed E-state index contributed by atoms with van der Waals surface area (Å²) in [6.07, 6.45) is 7.29. The van der Waals surface area contributed by atoms with Crippen LogP contribution in [0.5, 0.6) is 0 Å². The highest BCUT2D eigenvalue weighted by Crippen LogP contribution is 2.35. The molecular formula is C25H18N4OS2. The zero-order valence-corrected chi connectivity index (χ0v) is 18.6. The Bertz CT molecular complexity index is 1300. The summed E-state index contributed by atoms with van der Waals surface area (Å²) in [5.41, 5.74) is 4.55. The molecule has 3 heterocycles. The molecule has 4 aromatic rings. The SMILES string of the molecule is O=C1/C(=C\c2cn(-c3ccccc3)nc2-c2ccncc2)SC(=S)N1Cc1ccccc1. The third-order valence-electron chi connectivity index (χ3n) is 5.06. The van der Waals surface area contributed by atoms with Crippen LogP contribution in [0.2, 0.25) is 0 Å². The van der Waals surface area contributed by atoms with Gasteiger partial charge in [0.05, 0.1) is 17.1 Å². The molecule has 1 amide bonds. The summed E-state index contributed by atoms with van der Waals surface area (Å²) < 4.78 is 2.39. The molecule has 0 N–H and O–H groups in total. The standard InChI is InChI=1S/C25H18N4OS2/c30-24-22(32-25(31)28(24)16-18-7-3-1-4-8-18)15-20-17-29(21-9-5-2-6-10-21)27-23(20)19-11-13-26-14-12-19/h1-15,17H,16H2/b22-15+. The van der Waals surface area contributed by atoms with E-state index in [0.717, 1.165) is 28.1 Å². The fourth-order valence-corrected chi connectivity index (χ4v) is 4.73. The van der Waals surface area contributed by atoms with Crippen LogP contribution < -0.4 is 0 Å². The average Bonchev–Trinajstić information content (AvgIpc) is 3.38. The molecule has 0 spiro atoms. The molecule has 156 valence electrons. The van der Waals surface area contributed by atoms with Gasteiger partial charge in [-0.05, 0) is 35.9 Å². The minimum absolute atomic E-state index is 0.0861. The Hall–Kier alpha value is -3.55. The van der Waals surface area contributed by atoms with E-state index < -0.39 is 0 Å². The molecule has 32 heavy (non-hydrogen) atoms. The minimum Gasteiger partial charge on any atom is -0.288 e. The maximum atomic E-state index is 13.2. The van der Waals surface area contributed by atoms with Crippen molar-refractivity contribution in [1.29, 1.82) is 0 Å². The van der Waals surface area contributed by atoms with E-state index in [2.05, 4.69) is 4.98 Å². The fraction of sp³-hybridized carbons (Fsp3) is 0.0400. The normalized spacial score (nSPS) is 15.0. The van der Waals surface area contributed by atoms with Gasteiger partial charge in [-0.15, -0.1) is 0 Å². The van der Waals surface area contributed by atoms with Gasteiger partial charge in [0.1, 0.15) is 10.0 Å². The number of carbonyl (C=O) groups is 1. The molecule has 1 saturated heterocycles. The molecule has 2 aromatic heterocycles. The zero-order chi connectivity index (χ0) is 21.9. The number of rotatable bonds is 5. The number of hydrogen-bond donors (Lipinski definition) is 0. The summed E-state index contributed by atoms with van der Waals surface area (Å²) in [4.78, 5) is 19.5. The summed E-state index contributed by atoms with van der Waals surface area (Å²) >= 11 is 6.84. The maximum absolute atomic E-state index is 13.2. The lowest BCUT2D eigenvalue weighted by molar-refractivity contribution is -0.122. The van der Waals surface area contributed by atoms with Gasteiger partial charge >= 0.3 is 0 Å². The third-order valence-corrected chi connectivity index (χ3v) is 6.44. The molecular weight excluding hydrogens is 436 g/mol. The Morgan fingerprint density at radius 2 is 1.62 bits per heavy atom. The summed E-state index contributed by atoms with van der Waals surface area (Å²) in [7, 11) is 0. The van der Waals surface area contributed by atoms with E-state index in [-0.39, 0.29) is 5.91 Å². The molecule has 5 nitrogen and oxygen atoms in total. The van der Waals surface area contributed by atoms with Gasteiger partial charge in [0.2, 0.25) is 0 Å². The van der Waals surface area contributed by atoms with Crippen LogP contribution in [0.4, 0.5) is 0 Å². The first-order valence-corrected chi connectivity index (χ1v) is 11.3. The van der Waals surface area contributed by atoms with Crippen LogP contribution in [0.1, 0.15) is 11.1 Å². The average molecular weight is 455 g/mol. The number of para-hydroxylation sites is 1. The number of nitrogens with zero attached hydrogens (tertiary/aromatic N) is 4. The number of carbonyl (C=O) groups excluding carboxylic acids is 1. The van der Waals surface area contributed by atoms with Gasteiger partial charge in [-0.1, -0.05) is 72.5 Å². The van der Waals surface area contributed by atoms with Crippen molar-refractivity contribution in [3.63, 3.8) is 0 Å². The van der Waals surface area contributed by atoms with Crippen molar-refractivity contribution in [2.24, 2.45) is 0 Å². The highest BCUT2D eigenvalue weighted by Gasteiger charge is 2.32. The van der Waals surface area contributed by atoms with Crippen molar-refractivity contribution in [3.05, 3.63) is 107 Å². The molecule has 0 aliphatic carbocycles. The number of hydrogen-bond acceptors (Lipinski definition) is 5. The van der Waals surface area contributed by atoms with Crippen LogP contribution in [-0.2, 0) is 11.3 Å². The number of amides is 1. The van der Waals surface area contributed by atoms with Gasteiger partial charge < -0.3 is 0 Å². The second-order valence-corrected chi connectivity index (χ2v) is 8.88. The second kappa shape index (κ2) is 8.90. The monoisotopic (exact) mass is 454 g/mol. The largest absolute Gasteiger partial charge is 0.288 e. The summed E-state index contributed by atoms with van der Waals surface area (Å²) in [5.74, 6) is -0.0861. The van der Waals surface area contributed by atoms with Gasteiger partial charge in [0.25, 0.3) is 5.91 Å². The molecule has 2 aromatic carbocycles. The molecule has 0 bridgehead atoms. The Morgan fingerprint density at radius 3 is 2.34 bits per heavy atom. The van der Waals surface area contributed by atoms with Gasteiger partial charge in [-0.25, -0.2) is 4.68 Å². The lowest BCUT2D eigenvalue weighted by Gasteiger charge is -2.14. The van der Waals surface area contributed by atoms with E-state index in [1.807, 2.05) is 89.8 Å². The van der Waals surface area contributed by atoms with Crippen molar-refractivity contribution < 1.29 is 4.79 Å². The van der Waals surface area contributed by atoms with Crippen LogP contribution in [0, 0.1) is 0 Å².